The summed E-state index contributed by atoms with van der Waals surface area (Å²) in [5, 5.41) is 0. The predicted octanol–water partition coefficient (Wildman–Crippen LogP) is 1.75. The summed E-state index contributed by atoms with van der Waals surface area (Å²) in [5.74, 6) is -0.221. The molecule has 0 unspecified atom stereocenters. The van der Waals surface area contributed by atoms with Crippen molar-refractivity contribution in [3.8, 4) is 0 Å². The lowest BCUT2D eigenvalue weighted by Crippen LogP contribution is -2.26. The molecule has 0 aromatic carbocycles. The van der Waals surface area contributed by atoms with Crippen LogP contribution in [0.25, 0.3) is 0 Å². The number of Topliss-reactive ketones (excluding diaryl/α,β-unsaturated/α-hetero) is 2. The van der Waals surface area contributed by atoms with Crippen molar-refractivity contribution in [3.63, 3.8) is 0 Å². The van der Waals surface area contributed by atoms with Crippen molar-refractivity contribution in [2.24, 2.45) is 11.8 Å². The van der Waals surface area contributed by atoms with Crippen LogP contribution in [0, 0.1) is 11.8 Å². The molecule has 0 spiro atoms. The highest BCUT2D eigenvalue weighted by molar-refractivity contribution is 6.00. The Balaban J connectivity index is 2.71. The molecule has 1 aliphatic carbocycles. The summed E-state index contributed by atoms with van der Waals surface area (Å²) < 4.78 is 0. The third-order valence-electron chi connectivity index (χ3n) is 2.35. The highest BCUT2D eigenvalue weighted by Crippen LogP contribution is 2.26. The van der Waals surface area contributed by atoms with Crippen LogP contribution in [0.4, 0.5) is 0 Å². The second kappa shape index (κ2) is 3.65. The molecule has 2 heteroatoms. The molecule has 66 valence electrons. The molecule has 0 bridgehead atoms. The lowest BCUT2D eigenvalue weighted by Gasteiger charge is -2.15. The summed E-state index contributed by atoms with van der Waals surface area (Å²) in [6, 6.07) is 0. The third-order valence-corrected chi connectivity index (χ3v) is 2.35. The first-order valence-electron chi connectivity index (χ1n) is 4.30. The van der Waals surface area contributed by atoms with Crippen LogP contribution in [0.15, 0.2) is 12.2 Å². The maximum absolute atomic E-state index is 11.1. The average molecular weight is 166 g/mol. The second-order valence-electron chi connectivity index (χ2n) is 3.37. The van der Waals surface area contributed by atoms with Crippen molar-refractivity contribution in [2.45, 2.75) is 26.7 Å². The normalized spacial score (nSPS) is 21.8. The van der Waals surface area contributed by atoms with Gasteiger partial charge < -0.3 is 0 Å². The van der Waals surface area contributed by atoms with E-state index in [-0.39, 0.29) is 23.4 Å². The van der Waals surface area contributed by atoms with E-state index < -0.39 is 0 Å². The fraction of sp³-hybridized carbons (Fsp3) is 0.600. The van der Waals surface area contributed by atoms with Gasteiger partial charge in [0.25, 0.3) is 0 Å². The molecule has 1 atom stereocenters. The Morgan fingerprint density at radius 3 is 2.25 bits per heavy atom. The Labute approximate surface area is 72.7 Å². The second-order valence-corrected chi connectivity index (χ2v) is 3.37. The smallest absolute Gasteiger partial charge is 0.140 e. The van der Waals surface area contributed by atoms with Gasteiger partial charge in [0.15, 0.2) is 0 Å². The molecule has 1 rings (SSSR count). The standard InChI is InChI=1S/C10H14O2/c1-7(11)10(8(2)12)9-5-3-4-6-9/h3,5,9-10H,4,6H2,1-2H3/t9-/m0/s1. The zero-order chi connectivity index (χ0) is 9.14. The SMILES string of the molecule is CC(=O)C(C(C)=O)[C@H]1C=CCC1. The Morgan fingerprint density at radius 2 is 1.92 bits per heavy atom. The molecule has 0 radical (unpaired) electrons. The van der Waals surface area contributed by atoms with Crippen molar-refractivity contribution in [1.82, 2.24) is 0 Å². The van der Waals surface area contributed by atoms with Crippen LogP contribution in [-0.4, -0.2) is 11.6 Å². The highest BCUT2D eigenvalue weighted by atomic mass is 16.1. The van der Waals surface area contributed by atoms with Gasteiger partial charge in [0.2, 0.25) is 0 Å². The number of hydrogen-bond donors (Lipinski definition) is 0. The fourth-order valence-corrected chi connectivity index (χ4v) is 1.82. The quantitative estimate of drug-likeness (QED) is 0.473. The van der Waals surface area contributed by atoms with Crippen LogP contribution in [-0.2, 0) is 9.59 Å². The summed E-state index contributed by atoms with van der Waals surface area (Å²) in [5.41, 5.74) is 0. The van der Waals surface area contributed by atoms with Gasteiger partial charge in [-0.15, -0.1) is 0 Å². The van der Waals surface area contributed by atoms with Crippen LogP contribution >= 0.6 is 0 Å². The van der Waals surface area contributed by atoms with Crippen LogP contribution in [0.1, 0.15) is 26.7 Å². The van der Waals surface area contributed by atoms with Crippen LogP contribution in [0.3, 0.4) is 0 Å². The molecule has 12 heavy (non-hydrogen) atoms. The molecular weight excluding hydrogens is 152 g/mol. The molecular formula is C10H14O2. The Kier molecular flexibility index (Phi) is 2.79. The monoisotopic (exact) mass is 166 g/mol. The van der Waals surface area contributed by atoms with Gasteiger partial charge in [-0.1, -0.05) is 12.2 Å². The van der Waals surface area contributed by atoms with E-state index >= 15 is 0 Å². The van der Waals surface area contributed by atoms with Gasteiger partial charge in [-0.3, -0.25) is 9.59 Å². The van der Waals surface area contributed by atoms with E-state index in [0.29, 0.717) is 0 Å². The molecule has 0 N–H and O–H groups in total. The minimum absolute atomic E-state index is 0.000880. The fourth-order valence-electron chi connectivity index (χ4n) is 1.82. The maximum Gasteiger partial charge on any atom is 0.140 e. The van der Waals surface area contributed by atoms with Gasteiger partial charge in [-0.25, -0.2) is 0 Å². The zero-order valence-electron chi connectivity index (χ0n) is 7.54. The van der Waals surface area contributed by atoms with Gasteiger partial charge in [0.1, 0.15) is 11.6 Å². The summed E-state index contributed by atoms with van der Waals surface area (Å²) in [7, 11) is 0. The first-order chi connectivity index (χ1) is 5.63. The average Bonchev–Trinajstić information content (AvgIpc) is 2.37. The van der Waals surface area contributed by atoms with E-state index in [0.717, 1.165) is 12.8 Å². The molecule has 0 fully saturated rings. The first-order valence-corrected chi connectivity index (χ1v) is 4.30. The zero-order valence-corrected chi connectivity index (χ0v) is 7.54. The van der Waals surface area contributed by atoms with Gasteiger partial charge in [-0.05, 0) is 32.6 Å². The van der Waals surface area contributed by atoms with Crippen LogP contribution < -0.4 is 0 Å². The van der Waals surface area contributed by atoms with E-state index in [1.54, 1.807) is 0 Å². The topological polar surface area (TPSA) is 34.1 Å². The van der Waals surface area contributed by atoms with Crippen molar-refractivity contribution < 1.29 is 9.59 Å². The number of rotatable bonds is 3. The van der Waals surface area contributed by atoms with E-state index in [4.69, 9.17) is 0 Å². The van der Waals surface area contributed by atoms with Crippen molar-refractivity contribution in [2.75, 3.05) is 0 Å². The van der Waals surface area contributed by atoms with Crippen molar-refractivity contribution in [1.29, 1.82) is 0 Å². The summed E-state index contributed by atoms with van der Waals surface area (Å²) in [6.45, 7) is 3.00. The summed E-state index contributed by atoms with van der Waals surface area (Å²) >= 11 is 0. The highest BCUT2D eigenvalue weighted by Gasteiger charge is 2.28. The number of ketones is 2. The number of allylic oxidation sites excluding steroid dienone is 2. The van der Waals surface area contributed by atoms with Gasteiger partial charge >= 0.3 is 0 Å². The molecule has 0 saturated carbocycles. The minimum Gasteiger partial charge on any atom is -0.299 e. The molecule has 0 aromatic rings. The van der Waals surface area contributed by atoms with Crippen LogP contribution in [0.2, 0.25) is 0 Å². The summed E-state index contributed by atoms with van der Waals surface area (Å²) in [6.07, 6.45) is 5.99. The Hall–Kier alpha value is -0.920. The van der Waals surface area contributed by atoms with E-state index in [1.807, 2.05) is 12.2 Å². The Bertz CT molecular complexity index is 214. The molecule has 0 aromatic heterocycles. The van der Waals surface area contributed by atoms with E-state index in [9.17, 15) is 9.59 Å². The van der Waals surface area contributed by atoms with Gasteiger partial charge in [0.05, 0.1) is 5.92 Å². The lowest BCUT2D eigenvalue weighted by molar-refractivity contribution is -0.131. The molecule has 0 aliphatic heterocycles. The number of carbonyl (C=O) groups excluding carboxylic acids is 2. The molecule has 0 amide bonds. The minimum atomic E-state index is -0.385. The van der Waals surface area contributed by atoms with E-state index in [2.05, 4.69) is 0 Å². The first kappa shape index (κ1) is 9.17. The van der Waals surface area contributed by atoms with Gasteiger partial charge in [-0.2, -0.15) is 0 Å². The maximum atomic E-state index is 11.1. The van der Waals surface area contributed by atoms with Crippen molar-refractivity contribution >= 4 is 11.6 Å². The molecule has 0 saturated heterocycles. The van der Waals surface area contributed by atoms with Gasteiger partial charge in [0, 0.05) is 0 Å². The van der Waals surface area contributed by atoms with Crippen molar-refractivity contribution in [3.05, 3.63) is 12.2 Å². The molecule has 0 heterocycles. The Morgan fingerprint density at radius 1 is 1.33 bits per heavy atom. The van der Waals surface area contributed by atoms with Crippen LogP contribution in [0.5, 0.6) is 0 Å². The molecule has 2 nitrogen and oxygen atoms in total. The van der Waals surface area contributed by atoms with E-state index in [1.165, 1.54) is 13.8 Å². The third kappa shape index (κ3) is 1.81. The lowest BCUT2D eigenvalue weighted by atomic mass is 9.86. The largest absolute Gasteiger partial charge is 0.299 e. The molecule has 1 aliphatic rings. The number of carbonyl (C=O) groups is 2. The predicted molar refractivity (Wildman–Crippen MR) is 46.7 cm³/mol. The number of hydrogen-bond acceptors (Lipinski definition) is 2. The summed E-state index contributed by atoms with van der Waals surface area (Å²) in [4.78, 5) is 22.2.